The van der Waals surface area contributed by atoms with E-state index in [1.54, 1.807) is 24.4 Å². The molecule has 3 aromatic carbocycles. The summed E-state index contributed by atoms with van der Waals surface area (Å²) >= 11 is 0. The molecular weight excluding hydrogens is 416 g/mol. The van der Waals surface area contributed by atoms with E-state index in [-0.39, 0.29) is 6.10 Å². The molecule has 1 aromatic heterocycles. The third kappa shape index (κ3) is 5.65. The van der Waals surface area contributed by atoms with Crippen LogP contribution >= 0.6 is 0 Å². The number of nitrogens with two attached hydrogens (primary N) is 1. The number of anilines is 2. The van der Waals surface area contributed by atoms with E-state index in [2.05, 4.69) is 15.3 Å². The molecule has 0 aliphatic heterocycles. The number of benzene rings is 3. The summed E-state index contributed by atoms with van der Waals surface area (Å²) in [6.45, 7) is 3.78. The van der Waals surface area contributed by atoms with Crippen LogP contribution in [0.2, 0.25) is 0 Å². The van der Waals surface area contributed by atoms with E-state index < -0.39 is 5.91 Å². The molecule has 33 heavy (non-hydrogen) atoms. The molecule has 0 unspecified atom stereocenters. The molecule has 4 aromatic rings. The lowest BCUT2D eigenvalue weighted by molar-refractivity contribution is 0.0994. The Balaban J connectivity index is 1.56. The summed E-state index contributed by atoms with van der Waals surface area (Å²) in [5.41, 5.74) is 8.02. The molecule has 1 amide bonds. The van der Waals surface area contributed by atoms with Gasteiger partial charge >= 0.3 is 0 Å². The van der Waals surface area contributed by atoms with Gasteiger partial charge in [0.15, 0.2) is 0 Å². The van der Waals surface area contributed by atoms with Crippen molar-refractivity contribution in [1.82, 2.24) is 9.97 Å². The van der Waals surface area contributed by atoms with Crippen molar-refractivity contribution in [3.8, 4) is 28.5 Å². The van der Waals surface area contributed by atoms with Crippen molar-refractivity contribution in [2.75, 3.05) is 5.32 Å². The molecule has 0 saturated heterocycles. The fraction of sp³-hybridized carbons (Fsp3) is 0.115. The number of primary amides is 1. The Morgan fingerprint density at radius 1 is 0.939 bits per heavy atom. The van der Waals surface area contributed by atoms with Gasteiger partial charge in [-0.15, -0.1) is 0 Å². The Kier molecular flexibility index (Phi) is 6.50. The van der Waals surface area contributed by atoms with Gasteiger partial charge in [0.25, 0.3) is 5.91 Å². The van der Waals surface area contributed by atoms with E-state index >= 15 is 0 Å². The summed E-state index contributed by atoms with van der Waals surface area (Å²) < 4.78 is 11.6. The first-order chi connectivity index (χ1) is 16.0. The fourth-order valence-corrected chi connectivity index (χ4v) is 3.21. The van der Waals surface area contributed by atoms with Crippen LogP contribution in [-0.2, 0) is 0 Å². The Morgan fingerprint density at radius 2 is 1.73 bits per heavy atom. The van der Waals surface area contributed by atoms with Gasteiger partial charge in [0.2, 0.25) is 5.95 Å². The first-order valence-corrected chi connectivity index (χ1v) is 10.5. The molecule has 1 heterocycles. The third-order valence-corrected chi connectivity index (χ3v) is 4.63. The molecule has 166 valence electrons. The van der Waals surface area contributed by atoms with Crippen LogP contribution in [0.1, 0.15) is 24.2 Å². The van der Waals surface area contributed by atoms with Gasteiger partial charge in [-0.2, -0.15) is 0 Å². The van der Waals surface area contributed by atoms with Gasteiger partial charge in [-0.3, -0.25) is 4.79 Å². The van der Waals surface area contributed by atoms with E-state index in [1.165, 1.54) is 0 Å². The van der Waals surface area contributed by atoms with Crippen LogP contribution in [0.25, 0.3) is 11.3 Å². The molecule has 0 aliphatic rings. The van der Waals surface area contributed by atoms with Crippen molar-refractivity contribution < 1.29 is 14.3 Å². The normalized spacial score (nSPS) is 10.6. The molecule has 0 bridgehead atoms. The summed E-state index contributed by atoms with van der Waals surface area (Å²) in [5, 5.41) is 3.20. The molecule has 3 N–H and O–H groups in total. The number of amides is 1. The van der Waals surface area contributed by atoms with Gasteiger partial charge in [-0.25, -0.2) is 9.97 Å². The Bertz CT molecular complexity index is 1260. The van der Waals surface area contributed by atoms with E-state index in [9.17, 15) is 4.79 Å². The highest BCUT2D eigenvalue weighted by molar-refractivity contribution is 5.97. The number of rotatable bonds is 8. The number of nitrogens with one attached hydrogen (secondary N) is 1. The van der Waals surface area contributed by atoms with Gasteiger partial charge in [-0.1, -0.05) is 24.3 Å². The molecule has 0 saturated carbocycles. The number of ether oxygens (including phenoxy) is 2. The zero-order valence-corrected chi connectivity index (χ0v) is 18.4. The first kappa shape index (κ1) is 21.8. The van der Waals surface area contributed by atoms with Crippen molar-refractivity contribution in [1.29, 1.82) is 0 Å². The van der Waals surface area contributed by atoms with Crippen LogP contribution in [0.5, 0.6) is 17.2 Å². The summed E-state index contributed by atoms with van der Waals surface area (Å²) in [6.07, 6.45) is 1.57. The lowest BCUT2D eigenvalue weighted by Gasteiger charge is -2.14. The van der Waals surface area contributed by atoms with Crippen LogP contribution in [0.4, 0.5) is 11.6 Å². The van der Waals surface area contributed by atoms with E-state index in [1.807, 2.05) is 74.5 Å². The maximum Gasteiger partial charge on any atom is 0.252 e. The SMILES string of the molecule is CC(C)Oc1ccc(-c2ccnc(Nc3cccc(Oc4ccccc4)c3)n2)cc1C(N)=O. The molecule has 7 nitrogen and oxygen atoms in total. The smallest absolute Gasteiger partial charge is 0.252 e. The zero-order chi connectivity index (χ0) is 23.2. The highest BCUT2D eigenvalue weighted by Gasteiger charge is 2.14. The third-order valence-electron chi connectivity index (χ3n) is 4.63. The van der Waals surface area contributed by atoms with Gasteiger partial charge < -0.3 is 20.5 Å². The molecular formula is C26H24N4O3. The van der Waals surface area contributed by atoms with Crippen LogP contribution in [-0.4, -0.2) is 22.0 Å². The van der Waals surface area contributed by atoms with Crippen molar-refractivity contribution in [3.63, 3.8) is 0 Å². The first-order valence-electron chi connectivity index (χ1n) is 10.5. The summed E-state index contributed by atoms with van der Waals surface area (Å²) in [5.74, 6) is 1.74. The van der Waals surface area contributed by atoms with Gasteiger partial charge in [0, 0.05) is 23.5 Å². The minimum atomic E-state index is -0.560. The average molecular weight is 441 g/mol. The summed E-state index contributed by atoms with van der Waals surface area (Å²) in [6, 6.07) is 24.1. The Morgan fingerprint density at radius 3 is 2.48 bits per heavy atom. The number of para-hydroxylation sites is 1. The predicted molar refractivity (Wildman–Crippen MR) is 128 cm³/mol. The van der Waals surface area contributed by atoms with E-state index in [4.69, 9.17) is 15.2 Å². The topological polar surface area (TPSA) is 99.4 Å². The quantitative estimate of drug-likeness (QED) is 0.372. The number of hydrogen-bond acceptors (Lipinski definition) is 6. The lowest BCUT2D eigenvalue weighted by Crippen LogP contribution is -2.15. The second-order valence-corrected chi connectivity index (χ2v) is 7.58. The van der Waals surface area contributed by atoms with Crippen LogP contribution < -0.4 is 20.5 Å². The molecule has 0 fully saturated rings. The average Bonchev–Trinajstić information content (AvgIpc) is 2.80. The zero-order valence-electron chi connectivity index (χ0n) is 18.4. The number of carbonyl (C=O) groups excluding carboxylic acids is 1. The molecule has 0 radical (unpaired) electrons. The second kappa shape index (κ2) is 9.82. The van der Waals surface area contributed by atoms with Crippen molar-refractivity contribution in [2.24, 2.45) is 5.73 Å². The van der Waals surface area contributed by atoms with Gasteiger partial charge in [0.1, 0.15) is 17.2 Å². The number of carbonyl (C=O) groups is 1. The fourth-order valence-electron chi connectivity index (χ4n) is 3.21. The van der Waals surface area contributed by atoms with Crippen LogP contribution in [0.3, 0.4) is 0 Å². The minimum absolute atomic E-state index is 0.0783. The summed E-state index contributed by atoms with van der Waals surface area (Å²) in [7, 11) is 0. The number of aromatic nitrogens is 2. The van der Waals surface area contributed by atoms with Gasteiger partial charge in [0.05, 0.1) is 17.4 Å². The molecule has 0 aliphatic carbocycles. The van der Waals surface area contributed by atoms with Gasteiger partial charge in [-0.05, 0) is 62.4 Å². The highest BCUT2D eigenvalue weighted by Crippen LogP contribution is 2.28. The largest absolute Gasteiger partial charge is 0.490 e. The van der Waals surface area contributed by atoms with E-state index in [0.29, 0.717) is 28.7 Å². The van der Waals surface area contributed by atoms with Crippen molar-refractivity contribution in [2.45, 2.75) is 20.0 Å². The summed E-state index contributed by atoms with van der Waals surface area (Å²) in [4.78, 5) is 20.8. The Labute approximate surface area is 192 Å². The molecule has 0 spiro atoms. The standard InChI is InChI=1S/C26H24N4O3/c1-17(2)32-24-12-11-18(15-22(24)25(27)31)23-13-14-28-26(30-23)29-19-7-6-10-21(16-19)33-20-8-4-3-5-9-20/h3-17H,1-2H3,(H2,27,31)(H,28,29,30). The molecule has 7 heteroatoms. The number of hydrogen-bond donors (Lipinski definition) is 2. The Hall–Kier alpha value is -4.39. The minimum Gasteiger partial charge on any atom is -0.490 e. The predicted octanol–water partition coefficient (Wildman–Crippen LogP) is 5.57. The molecule has 0 atom stereocenters. The monoisotopic (exact) mass is 440 g/mol. The van der Waals surface area contributed by atoms with Crippen molar-refractivity contribution in [3.05, 3.63) is 90.6 Å². The van der Waals surface area contributed by atoms with E-state index in [0.717, 1.165) is 17.0 Å². The van der Waals surface area contributed by atoms with Crippen LogP contribution in [0, 0.1) is 0 Å². The van der Waals surface area contributed by atoms with Crippen molar-refractivity contribution >= 4 is 17.5 Å². The highest BCUT2D eigenvalue weighted by atomic mass is 16.5. The lowest BCUT2D eigenvalue weighted by atomic mass is 10.1. The maximum atomic E-state index is 11.9. The second-order valence-electron chi connectivity index (χ2n) is 7.58. The maximum absolute atomic E-state index is 11.9. The number of nitrogens with zero attached hydrogens (tertiary/aromatic N) is 2. The van der Waals surface area contributed by atoms with Crippen LogP contribution in [0.15, 0.2) is 85.1 Å². The molecule has 4 rings (SSSR count).